The molecule has 4 rings (SSSR count). The Morgan fingerprint density at radius 2 is 1.77 bits per heavy atom. The normalized spacial score (nSPS) is 18.3. The summed E-state index contributed by atoms with van der Waals surface area (Å²) < 4.78 is 11.2. The molecule has 1 amide bonds. The topological polar surface area (TPSA) is 38.8 Å². The zero-order chi connectivity index (χ0) is 17.9. The number of rotatable bonds is 4. The van der Waals surface area contributed by atoms with E-state index in [0.717, 1.165) is 6.42 Å². The number of carbonyl (C=O) groups is 1. The lowest BCUT2D eigenvalue weighted by atomic mass is 9.98. The Hall–Kier alpha value is -2.77. The summed E-state index contributed by atoms with van der Waals surface area (Å²) in [4.78, 5) is 14.2. The zero-order valence-corrected chi connectivity index (χ0v) is 14.6. The number of hydrogen-bond acceptors (Lipinski definition) is 3. The van der Waals surface area contributed by atoms with Gasteiger partial charge in [0.05, 0.1) is 12.6 Å². The molecule has 0 saturated carbocycles. The molecule has 1 fully saturated rings. The Balaban J connectivity index is 1.42. The smallest absolute Gasteiger partial charge is 0.409 e. The molecule has 26 heavy (non-hydrogen) atoms. The predicted molar refractivity (Wildman–Crippen MR) is 99.8 cm³/mol. The van der Waals surface area contributed by atoms with Crippen LogP contribution >= 0.6 is 0 Å². The first kappa shape index (κ1) is 16.7. The largest absolute Gasteiger partial charge is 0.448 e. The maximum Gasteiger partial charge on any atom is 0.409 e. The molecule has 1 heterocycles. The number of hydrogen-bond donors (Lipinski definition) is 0. The number of terminal acetylenes is 1. The lowest BCUT2D eigenvalue weighted by Crippen LogP contribution is -2.31. The van der Waals surface area contributed by atoms with Crippen molar-refractivity contribution in [1.82, 2.24) is 4.90 Å². The quantitative estimate of drug-likeness (QED) is 0.793. The molecule has 1 saturated heterocycles. The average Bonchev–Trinajstić information content (AvgIpc) is 3.28. The first-order valence-electron chi connectivity index (χ1n) is 8.93. The van der Waals surface area contributed by atoms with Crippen LogP contribution in [0.1, 0.15) is 23.5 Å². The number of amides is 1. The van der Waals surface area contributed by atoms with Gasteiger partial charge >= 0.3 is 6.09 Å². The van der Waals surface area contributed by atoms with E-state index in [4.69, 9.17) is 15.9 Å². The van der Waals surface area contributed by atoms with E-state index in [0.29, 0.717) is 19.7 Å². The van der Waals surface area contributed by atoms with E-state index in [1.807, 2.05) is 24.3 Å². The monoisotopic (exact) mass is 347 g/mol. The maximum absolute atomic E-state index is 12.5. The molecule has 4 heteroatoms. The Labute approximate surface area is 153 Å². The first-order chi connectivity index (χ1) is 12.8. The van der Waals surface area contributed by atoms with E-state index in [2.05, 4.69) is 30.2 Å². The number of likely N-dealkylation sites (tertiary alicyclic amines) is 1. The Bertz CT molecular complexity index is 809. The number of nitrogens with zero attached hydrogens (tertiary/aromatic N) is 1. The molecule has 0 aromatic heterocycles. The van der Waals surface area contributed by atoms with Crippen molar-refractivity contribution in [3.63, 3.8) is 0 Å². The first-order valence-corrected chi connectivity index (χ1v) is 8.93. The van der Waals surface area contributed by atoms with Crippen molar-refractivity contribution in [2.45, 2.75) is 18.4 Å². The van der Waals surface area contributed by atoms with Gasteiger partial charge in [-0.25, -0.2) is 4.79 Å². The second kappa shape index (κ2) is 7.23. The molecular formula is C22H21NO3. The van der Waals surface area contributed by atoms with Crippen LogP contribution in [0.4, 0.5) is 4.79 Å². The van der Waals surface area contributed by atoms with Gasteiger partial charge in [-0.05, 0) is 28.7 Å². The third kappa shape index (κ3) is 3.07. The lowest BCUT2D eigenvalue weighted by Gasteiger charge is -2.19. The van der Waals surface area contributed by atoms with E-state index in [9.17, 15) is 4.79 Å². The highest BCUT2D eigenvalue weighted by atomic mass is 16.6. The van der Waals surface area contributed by atoms with Crippen LogP contribution in [0.3, 0.4) is 0 Å². The average molecular weight is 347 g/mol. The second-order valence-electron chi connectivity index (χ2n) is 6.68. The highest BCUT2D eigenvalue weighted by Gasteiger charge is 2.31. The summed E-state index contributed by atoms with van der Waals surface area (Å²) >= 11 is 0. The van der Waals surface area contributed by atoms with Crippen LogP contribution in [0.25, 0.3) is 11.1 Å². The third-order valence-corrected chi connectivity index (χ3v) is 5.14. The Kier molecular flexibility index (Phi) is 4.64. The van der Waals surface area contributed by atoms with Crippen LogP contribution in [0, 0.1) is 12.3 Å². The Morgan fingerprint density at radius 1 is 1.12 bits per heavy atom. The molecular weight excluding hydrogens is 326 g/mol. The third-order valence-electron chi connectivity index (χ3n) is 5.14. The maximum atomic E-state index is 12.5. The van der Waals surface area contributed by atoms with Gasteiger partial charge < -0.3 is 14.4 Å². The van der Waals surface area contributed by atoms with E-state index in [1.54, 1.807) is 4.90 Å². The van der Waals surface area contributed by atoms with Gasteiger partial charge in [-0.1, -0.05) is 54.5 Å². The van der Waals surface area contributed by atoms with E-state index < -0.39 is 0 Å². The molecule has 1 aliphatic carbocycles. The summed E-state index contributed by atoms with van der Waals surface area (Å²) in [6.45, 7) is 1.81. The van der Waals surface area contributed by atoms with Crippen LogP contribution in [-0.4, -0.2) is 43.4 Å². The van der Waals surface area contributed by atoms with E-state index in [1.165, 1.54) is 22.3 Å². The van der Waals surface area contributed by atoms with Crippen molar-refractivity contribution in [2.24, 2.45) is 0 Å². The van der Waals surface area contributed by atoms with E-state index >= 15 is 0 Å². The van der Waals surface area contributed by atoms with Crippen LogP contribution in [0.2, 0.25) is 0 Å². The standard InChI is InChI=1S/C22H21NO3/c1-2-13-25-16-11-12-23(14-16)22(24)26-15-21-19-9-5-3-7-17(19)18-8-4-6-10-20(18)21/h1,3-10,16,21H,11-15H2/t16-/m1/s1. The minimum atomic E-state index is -0.279. The molecule has 4 nitrogen and oxygen atoms in total. The molecule has 0 bridgehead atoms. The van der Waals surface area contributed by atoms with Gasteiger partial charge in [-0.2, -0.15) is 0 Å². The van der Waals surface area contributed by atoms with Crippen molar-refractivity contribution >= 4 is 6.09 Å². The van der Waals surface area contributed by atoms with Gasteiger partial charge in [0, 0.05) is 12.5 Å². The molecule has 0 N–H and O–H groups in total. The molecule has 2 aromatic carbocycles. The zero-order valence-electron chi connectivity index (χ0n) is 14.6. The minimum absolute atomic E-state index is 0.00605. The van der Waals surface area contributed by atoms with Gasteiger partial charge in [-0.15, -0.1) is 6.42 Å². The molecule has 132 valence electrons. The van der Waals surface area contributed by atoms with Crippen LogP contribution < -0.4 is 0 Å². The summed E-state index contributed by atoms with van der Waals surface area (Å²) in [6, 6.07) is 16.7. The fourth-order valence-electron chi connectivity index (χ4n) is 3.88. The number of ether oxygens (including phenoxy) is 2. The summed E-state index contributed by atoms with van der Waals surface area (Å²) in [5.74, 6) is 2.55. The predicted octanol–water partition coefficient (Wildman–Crippen LogP) is 3.66. The lowest BCUT2D eigenvalue weighted by molar-refractivity contribution is 0.0735. The summed E-state index contributed by atoms with van der Waals surface area (Å²) in [5, 5.41) is 0. The summed E-state index contributed by atoms with van der Waals surface area (Å²) in [5.41, 5.74) is 4.90. The van der Waals surface area contributed by atoms with Crippen molar-refractivity contribution in [3.8, 4) is 23.5 Å². The number of carbonyl (C=O) groups excluding carboxylic acids is 1. The van der Waals surface area contributed by atoms with Gasteiger partial charge in [0.2, 0.25) is 0 Å². The van der Waals surface area contributed by atoms with Crippen LogP contribution in [-0.2, 0) is 9.47 Å². The van der Waals surface area contributed by atoms with Crippen molar-refractivity contribution in [1.29, 1.82) is 0 Å². The van der Waals surface area contributed by atoms with Gasteiger partial charge in [-0.3, -0.25) is 0 Å². The van der Waals surface area contributed by atoms with Crippen LogP contribution in [0.5, 0.6) is 0 Å². The molecule has 1 aliphatic heterocycles. The molecule has 1 atom stereocenters. The highest BCUT2D eigenvalue weighted by molar-refractivity contribution is 5.79. The fourth-order valence-corrected chi connectivity index (χ4v) is 3.88. The summed E-state index contributed by atoms with van der Waals surface area (Å²) in [6.07, 6.45) is 5.74. The number of fused-ring (bicyclic) bond motifs is 3. The molecule has 2 aromatic rings. The molecule has 2 aliphatic rings. The van der Waals surface area contributed by atoms with Crippen LogP contribution in [0.15, 0.2) is 48.5 Å². The highest BCUT2D eigenvalue weighted by Crippen LogP contribution is 2.44. The molecule has 0 unspecified atom stereocenters. The van der Waals surface area contributed by atoms with Crippen molar-refractivity contribution in [3.05, 3.63) is 59.7 Å². The number of benzene rings is 2. The van der Waals surface area contributed by atoms with E-state index in [-0.39, 0.29) is 24.7 Å². The van der Waals surface area contributed by atoms with Crippen molar-refractivity contribution in [2.75, 3.05) is 26.3 Å². The Morgan fingerprint density at radius 3 is 2.42 bits per heavy atom. The van der Waals surface area contributed by atoms with Crippen molar-refractivity contribution < 1.29 is 14.3 Å². The van der Waals surface area contributed by atoms with Gasteiger partial charge in [0.25, 0.3) is 0 Å². The van der Waals surface area contributed by atoms with Gasteiger partial charge in [0.15, 0.2) is 0 Å². The minimum Gasteiger partial charge on any atom is -0.448 e. The fraction of sp³-hybridized carbons (Fsp3) is 0.318. The molecule has 0 spiro atoms. The molecule has 0 radical (unpaired) electrons. The SMILES string of the molecule is C#CCO[C@@H]1CCN(C(=O)OCC2c3ccccc3-c3ccccc32)C1. The second-order valence-corrected chi connectivity index (χ2v) is 6.68. The summed E-state index contributed by atoms with van der Waals surface area (Å²) in [7, 11) is 0. The van der Waals surface area contributed by atoms with Gasteiger partial charge in [0.1, 0.15) is 13.2 Å².